The standard InChI is InChI=1S/C18H14N2O2/c1-22-18(21)14-11-16(13-7-3-2-4-8-13)20-17(12-14)15-9-5-6-10-19-15/h2-12H,1H3. The SMILES string of the molecule is COC(=O)c1cc(-c2ccccc2)nc(-c2ccccn2)c1. The van der Waals surface area contributed by atoms with E-state index < -0.39 is 5.97 Å². The van der Waals surface area contributed by atoms with Crippen LogP contribution in [0.15, 0.2) is 66.9 Å². The highest BCUT2D eigenvalue weighted by atomic mass is 16.5. The van der Waals surface area contributed by atoms with Gasteiger partial charge in [0.1, 0.15) is 0 Å². The van der Waals surface area contributed by atoms with Crippen molar-refractivity contribution in [3.63, 3.8) is 0 Å². The summed E-state index contributed by atoms with van der Waals surface area (Å²) in [7, 11) is 1.37. The number of carbonyl (C=O) groups is 1. The Morgan fingerprint density at radius 1 is 0.909 bits per heavy atom. The molecule has 108 valence electrons. The summed E-state index contributed by atoms with van der Waals surface area (Å²) in [5, 5.41) is 0. The molecule has 4 heteroatoms. The summed E-state index contributed by atoms with van der Waals surface area (Å²) in [6.07, 6.45) is 1.70. The number of methoxy groups -OCH3 is 1. The Kier molecular flexibility index (Phi) is 3.92. The van der Waals surface area contributed by atoms with Gasteiger partial charge < -0.3 is 4.74 Å². The molecule has 0 N–H and O–H groups in total. The number of benzene rings is 1. The van der Waals surface area contributed by atoms with Gasteiger partial charge in [0.2, 0.25) is 0 Å². The van der Waals surface area contributed by atoms with Crippen molar-refractivity contribution in [1.82, 2.24) is 9.97 Å². The van der Waals surface area contributed by atoms with Crippen LogP contribution in [0.2, 0.25) is 0 Å². The van der Waals surface area contributed by atoms with E-state index in [-0.39, 0.29) is 0 Å². The van der Waals surface area contributed by atoms with Gasteiger partial charge in [-0.1, -0.05) is 36.4 Å². The Hall–Kier alpha value is -3.01. The van der Waals surface area contributed by atoms with E-state index in [9.17, 15) is 4.79 Å². The van der Waals surface area contributed by atoms with Crippen molar-refractivity contribution in [3.05, 3.63) is 72.4 Å². The topological polar surface area (TPSA) is 52.1 Å². The molecule has 0 bridgehead atoms. The smallest absolute Gasteiger partial charge is 0.338 e. The molecular weight excluding hydrogens is 276 g/mol. The zero-order valence-electron chi connectivity index (χ0n) is 12.1. The van der Waals surface area contributed by atoms with Gasteiger partial charge in [0.15, 0.2) is 0 Å². The van der Waals surface area contributed by atoms with E-state index in [0.717, 1.165) is 5.56 Å². The molecule has 3 rings (SSSR count). The molecule has 0 radical (unpaired) electrons. The van der Waals surface area contributed by atoms with Crippen molar-refractivity contribution in [3.8, 4) is 22.6 Å². The minimum Gasteiger partial charge on any atom is -0.465 e. The summed E-state index contributed by atoms with van der Waals surface area (Å²) in [5.41, 5.74) is 3.46. The van der Waals surface area contributed by atoms with Gasteiger partial charge in [0, 0.05) is 11.8 Å². The molecule has 0 amide bonds. The van der Waals surface area contributed by atoms with Gasteiger partial charge in [0.05, 0.1) is 29.8 Å². The molecule has 0 aliphatic rings. The Bertz CT molecular complexity index is 729. The van der Waals surface area contributed by atoms with E-state index in [0.29, 0.717) is 22.6 Å². The highest BCUT2D eigenvalue weighted by Gasteiger charge is 2.12. The zero-order valence-corrected chi connectivity index (χ0v) is 12.1. The van der Waals surface area contributed by atoms with Crippen molar-refractivity contribution >= 4 is 5.97 Å². The van der Waals surface area contributed by atoms with Crippen molar-refractivity contribution in [2.45, 2.75) is 0 Å². The molecular formula is C18H14N2O2. The molecule has 0 unspecified atom stereocenters. The summed E-state index contributed by atoms with van der Waals surface area (Å²) in [4.78, 5) is 20.8. The first kappa shape index (κ1) is 13.9. The van der Waals surface area contributed by atoms with Gasteiger partial charge in [-0.3, -0.25) is 4.98 Å². The lowest BCUT2D eigenvalue weighted by Gasteiger charge is -2.08. The summed E-state index contributed by atoms with van der Waals surface area (Å²) in [6, 6.07) is 18.7. The first-order valence-electron chi connectivity index (χ1n) is 6.85. The lowest BCUT2D eigenvalue weighted by atomic mass is 10.1. The van der Waals surface area contributed by atoms with Crippen molar-refractivity contribution in [1.29, 1.82) is 0 Å². The summed E-state index contributed by atoms with van der Waals surface area (Å²) in [5.74, 6) is -0.392. The van der Waals surface area contributed by atoms with Crippen LogP contribution >= 0.6 is 0 Å². The normalized spacial score (nSPS) is 10.2. The number of hydrogen-bond donors (Lipinski definition) is 0. The second kappa shape index (κ2) is 6.18. The Balaban J connectivity index is 2.17. The van der Waals surface area contributed by atoms with Crippen LogP contribution in [0.5, 0.6) is 0 Å². The molecule has 0 spiro atoms. The van der Waals surface area contributed by atoms with Crippen molar-refractivity contribution < 1.29 is 9.53 Å². The van der Waals surface area contributed by atoms with E-state index in [1.54, 1.807) is 18.3 Å². The van der Waals surface area contributed by atoms with Crippen molar-refractivity contribution in [2.75, 3.05) is 7.11 Å². The number of aromatic nitrogens is 2. The van der Waals surface area contributed by atoms with Gasteiger partial charge in [0.25, 0.3) is 0 Å². The van der Waals surface area contributed by atoms with Crippen molar-refractivity contribution in [2.24, 2.45) is 0 Å². The Morgan fingerprint density at radius 3 is 2.32 bits per heavy atom. The molecule has 2 heterocycles. The average molecular weight is 290 g/mol. The lowest BCUT2D eigenvalue weighted by molar-refractivity contribution is 0.0600. The minimum absolute atomic E-state index is 0.392. The number of pyridine rings is 2. The highest BCUT2D eigenvalue weighted by Crippen LogP contribution is 2.24. The van der Waals surface area contributed by atoms with Crippen LogP contribution in [0.25, 0.3) is 22.6 Å². The lowest BCUT2D eigenvalue weighted by Crippen LogP contribution is -2.03. The van der Waals surface area contributed by atoms with Crippen LogP contribution in [0.1, 0.15) is 10.4 Å². The second-order valence-corrected chi connectivity index (χ2v) is 4.70. The molecule has 0 aliphatic carbocycles. The number of nitrogens with zero attached hydrogens (tertiary/aromatic N) is 2. The summed E-state index contributed by atoms with van der Waals surface area (Å²) >= 11 is 0. The number of ether oxygens (including phenoxy) is 1. The third-order valence-electron chi connectivity index (χ3n) is 3.24. The fourth-order valence-electron chi connectivity index (χ4n) is 2.17. The quantitative estimate of drug-likeness (QED) is 0.692. The van der Waals surface area contributed by atoms with Crippen LogP contribution in [0.3, 0.4) is 0 Å². The number of carbonyl (C=O) groups excluding carboxylic acids is 1. The largest absolute Gasteiger partial charge is 0.465 e. The summed E-state index contributed by atoms with van der Waals surface area (Å²) < 4.78 is 4.83. The third-order valence-corrected chi connectivity index (χ3v) is 3.24. The van der Waals surface area contributed by atoms with Gasteiger partial charge in [-0.15, -0.1) is 0 Å². The van der Waals surface area contributed by atoms with Crippen LogP contribution in [-0.2, 0) is 4.74 Å². The molecule has 22 heavy (non-hydrogen) atoms. The second-order valence-electron chi connectivity index (χ2n) is 4.70. The van der Waals surface area contributed by atoms with Crippen LogP contribution < -0.4 is 0 Å². The predicted molar refractivity (Wildman–Crippen MR) is 84.2 cm³/mol. The maximum absolute atomic E-state index is 11.9. The fourth-order valence-corrected chi connectivity index (χ4v) is 2.17. The first-order valence-corrected chi connectivity index (χ1v) is 6.85. The maximum atomic E-state index is 11.9. The molecule has 0 fully saturated rings. The van der Waals surface area contributed by atoms with Crippen LogP contribution in [-0.4, -0.2) is 23.0 Å². The van der Waals surface area contributed by atoms with E-state index in [2.05, 4.69) is 9.97 Å². The molecule has 0 saturated carbocycles. The number of hydrogen-bond acceptors (Lipinski definition) is 4. The van der Waals surface area contributed by atoms with Crippen LogP contribution in [0.4, 0.5) is 0 Å². The fraction of sp³-hybridized carbons (Fsp3) is 0.0556. The van der Waals surface area contributed by atoms with E-state index in [4.69, 9.17) is 4.74 Å². The Morgan fingerprint density at radius 2 is 1.64 bits per heavy atom. The number of esters is 1. The van der Waals surface area contributed by atoms with E-state index in [1.807, 2.05) is 48.5 Å². The molecule has 2 aromatic heterocycles. The molecule has 4 nitrogen and oxygen atoms in total. The Labute approximate surface area is 128 Å². The zero-order chi connectivity index (χ0) is 15.4. The van der Waals surface area contributed by atoms with Gasteiger partial charge >= 0.3 is 5.97 Å². The predicted octanol–water partition coefficient (Wildman–Crippen LogP) is 3.60. The first-order chi connectivity index (χ1) is 10.8. The van der Waals surface area contributed by atoms with Gasteiger partial charge in [-0.05, 0) is 24.3 Å². The molecule has 3 aromatic rings. The third kappa shape index (κ3) is 2.86. The van der Waals surface area contributed by atoms with Gasteiger partial charge in [-0.2, -0.15) is 0 Å². The van der Waals surface area contributed by atoms with E-state index in [1.165, 1.54) is 7.11 Å². The van der Waals surface area contributed by atoms with Crippen LogP contribution in [0, 0.1) is 0 Å². The van der Waals surface area contributed by atoms with Gasteiger partial charge in [-0.25, -0.2) is 9.78 Å². The highest BCUT2D eigenvalue weighted by molar-refractivity contribution is 5.92. The molecule has 0 saturated heterocycles. The monoisotopic (exact) mass is 290 g/mol. The number of rotatable bonds is 3. The molecule has 0 atom stereocenters. The molecule has 0 aliphatic heterocycles. The average Bonchev–Trinajstić information content (AvgIpc) is 2.62. The molecule has 1 aromatic carbocycles. The minimum atomic E-state index is -0.392. The maximum Gasteiger partial charge on any atom is 0.338 e. The summed E-state index contributed by atoms with van der Waals surface area (Å²) in [6.45, 7) is 0. The van der Waals surface area contributed by atoms with E-state index >= 15 is 0 Å².